The van der Waals surface area contributed by atoms with Crippen LogP contribution in [0.3, 0.4) is 0 Å². The van der Waals surface area contributed by atoms with Gasteiger partial charge in [0.1, 0.15) is 5.58 Å². The number of hydrogen-bond donors (Lipinski definition) is 0. The fraction of sp³-hybridized carbons (Fsp3) is 0.105. The molecule has 2 heteroatoms. The van der Waals surface area contributed by atoms with Crippen LogP contribution in [0.25, 0.3) is 43.8 Å². The molecule has 0 bridgehead atoms. The molecule has 40 heavy (non-hydrogen) atoms. The largest absolute Gasteiger partial charge is 0.454 e. The summed E-state index contributed by atoms with van der Waals surface area (Å²) in [6, 6.07) is 43.9. The van der Waals surface area contributed by atoms with Crippen molar-refractivity contribution in [2.45, 2.75) is 26.2 Å². The third-order valence-corrected chi connectivity index (χ3v) is 8.72. The highest BCUT2D eigenvalue weighted by atomic mass is 16.3. The minimum Gasteiger partial charge on any atom is -0.454 e. The Balaban J connectivity index is 1.40. The van der Waals surface area contributed by atoms with E-state index in [2.05, 4.69) is 147 Å². The van der Waals surface area contributed by atoms with Gasteiger partial charge >= 0.3 is 0 Å². The van der Waals surface area contributed by atoms with Gasteiger partial charge < -0.3 is 9.32 Å². The van der Waals surface area contributed by atoms with Crippen LogP contribution < -0.4 is 4.90 Å². The summed E-state index contributed by atoms with van der Waals surface area (Å²) in [5.41, 5.74) is 11.6. The lowest BCUT2D eigenvalue weighted by Gasteiger charge is -2.28. The van der Waals surface area contributed by atoms with Crippen molar-refractivity contribution in [2.24, 2.45) is 0 Å². The number of aryl methyl sites for hydroxylation is 1. The summed E-state index contributed by atoms with van der Waals surface area (Å²) in [6.45, 7) is 6.81. The van der Waals surface area contributed by atoms with Crippen LogP contribution in [0.5, 0.6) is 0 Å². The van der Waals surface area contributed by atoms with E-state index >= 15 is 0 Å². The first-order chi connectivity index (χ1) is 19.5. The molecule has 1 aliphatic carbocycles. The van der Waals surface area contributed by atoms with E-state index in [0.29, 0.717) is 0 Å². The number of nitrogens with zero attached hydrogens (tertiary/aromatic N) is 1. The number of hydrogen-bond acceptors (Lipinski definition) is 2. The van der Waals surface area contributed by atoms with Gasteiger partial charge in [0.05, 0.1) is 5.69 Å². The van der Waals surface area contributed by atoms with Crippen molar-refractivity contribution in [3.8, 4) is 11.1 Å². The molecule has 0 atom stereocenters. The van der Waals surface area contributed by atoms with E-state index in [9.17, 15) is 0 Å². The predicted molar refractivity (Wildman–Crippen MR) is 168 cm³/mol. The maximum absolute atomic E-state index is 6.68. The Labute approximate surface area is 234 Å². The molecular formula is C38H29NO. The summed E-state index contributed by atoms with van der Waals surface area (Å²) < 4.78 is 6.68. The minimum atomic E-state index is -0.0782. The van der Waals surface area contributed by atoms with E-state index in [1.54, 1.807) is 0 Å². The Kier molecular flexibility index (Phi) is 4.82. The van der Waals surface area contributed by atoms with Crippen molar-refractivity contribution in [1.29, 1.82) is 0 Å². The molecule has 1 aromatic heterocycles. The Bertz CT molecular complexity index is 2100. The smallest absolute Gasteiger partial charge is 0.159 e. The second kappa shape index (κ2) is 8.34. The van der Waals surface area contributed by atoms with Crippen LogP contribution in [-0.4, -0.2) is 0 Å². The molecule has 0 spiro atoms. The molecule has 0 amide bonds. The number of rotatable bonds is 3. The summed E-state index contributed by atoms with van der Waals surface area (Å²) in [6.07, 6.45) is 0. The Hall–Kier alpha value is -4.82. The molecule has 0 saturated heterocycles. The molecule has 1 heterocycles. The average molecular weight is 516 g/mol. The van der Waals surface area contributed by atoms with Crippen molar-refractivity contribution in [2.75, 3.05) is 4.90 Å². The molecular weight excluding hydrogens is 486 g/mol. The molecule has 0 aliphatic heterocycles. The van der Waals surface area contributed by atoms with Crippen LogP contribution in [0.15, 0.2) is 126 Å². The highest BCUT2D eigenvalue weighted by molar-refractivity contribution is 6.20. The maximum Gasteiger partial charge on any atom is 0.159 e. The molecule has 0 N–H and O–H groups in total. The fourth-order valence-corrected chi connectivity index (χ4v) is 6.68. The van der Waals surface area contributed by atoms with Gasteiger partial charge in [-0.2, -0.15) is 0 Å². The highest BCUT2D eigenvalue weighted by Gasteiger charge is 2.35. The second-order valence-corrected chi connectivity index (χ2v) is 11.5. The van der Waals surface area contributed by atoms with E-state index in [-0.39, 0.29) is 5.41 Å². The van der Waals surface area contributed by atoms with E-state index in [1.807, 2.05) is 0 Å². The van der Waals surface area contributed by atoms with Gasteiger partial charge in [0.2, 0.25) is 0 Å². The van der Waals surface area contributed by atoms with E-state index in [4.69, 9.17) is 4.42 Å². The lowest BCUT2D eigenvalue weighted by atomic mass is 9.82. The average Bonchev–Trinajstić information content (AvgIpc) is 3.48. The fourth-order valence-electron chi connectivity index (χ4n) is 6.68. The molecule has 8 rings (SSSR count). The molecule has 0 saturated carbocycles. The first-order valence-electron chi connectivity index (χ1n) is 13.9. The summed E-state index contributed by atoms with van der Waals surface area (Å²) in [5, 5.41) is 4.74. The number of furan rings is 1. The highest BCUT2D eigenvalue weighted by Crippen LogP contribution is 2.51. The predicted octanol–water partition coefficient (Wildman–Crippen LogP) is 10.8. The lowest BCUT2D eigenvalue weighted by Crippen LogP contribution is -2.16. The zero-order valence-electron chi connectivity index (χ0n) is 22.9. The van der Waals surface area contributed by atoms with Gasteiger partial charge in [-0.15, -0.1) is 0 Å². The van der Waals surface area contributed by atoms with Crippen molar-refractivity contribution < 1.29 is 4.42 Å². The molecule has 1 aliphatic rings. The Morgan fingerprint density at radius 1 is 0.600 bits per heavy atom. The Morgan fingerprint density at radius 2 is 1.32 bits per heavy atom. The van der Waals surface area contributed by atoms with Crippen molar-refractivity contribution in [1.82, 2.24) is 0 Å². The summed E-state index contributed by atoms with van der Waals surface area (Å²) >= 11 is 0. The van der Waals surface area contributed by atoms with Gasteiger partial charge in [0.25, 0.3) is 0 Å². The van der Waals surface area contributed by atoms with E-state index in [0.717, 1.165) is 33.6 Å². The number of para-hydroxylation sites is 1. The molecule has 2 nitrogen and oxygen atoms in total. The lowest BCUT2D eigenvalue weighted by molar-refractivity contribution is 0.660. The monoisotopic (exact) mass is 515 g/mol. The van der Waals surface area contributed by atoms with Gasteiger partial charge in [0, 0.05) is 27.6 Å². The van der Waals surface area contributed by atoms with Gasteiger partial charge in [-0.25, -0.2) is 0 Å². The normalized spacial score (nSPS) is 13.6. The minimum absolute atomic E-state index is 0.0782. The van der Waals surface area contributed by atoms with Crippen LogP contribution in [0.4, 0.5) is 17.1 Å². The zero-order valence-corrected chi connectivity index (χ0v) is 22.9. The number of benzene rings is 6. The zero-order chi connectivity index (χ0) is 27.0. The van der Waals surface area contributed by atoms with Crippen LogP contribution in [0.2, 0.25) is 0 Å². The first-order valence-corrected chi connectivity index (χ1v) is 13.9. The van der Waals surface area contributed by atoms with Gasteiger partial charge in [-0.1, -0.05) is 104 Å². The standard InChI is InChI=1S/C38H29NO/c1-24-15-18-26(19-16-24)39(27-20-21-30-29-11-6-7-13-32(29)38(2,3)33(30)23-27)34-14-8-12-31-36-28-10-5-4-9-25(28)17-22-35(36)40-37(31)34/h4-23H,1-3H3. The molecule has 0 unspecified atom stereocenters. The van der Waals surface area contributed by atoms with Gasteiger partial charge in [-0.3, -0.25) is 0 Å². The Morgan fingerprint density at radius 3 is 2.20 bits per heavy atom. The third-order valence-electron chi connectivity index (χ3n) is 8.72. The number of anilines is 3. The van der Waals surface area contributed by atoms with Crippen molar-refractivity contribution in [3.05, 3.63) is 138 Å². The van der Waals surface area contributed by atoms with Crippen molar-refractivity contribution in [3.63, 3.8) is 0 Å². The van der Waals surface area contributed by atoms with Crippen LogP contribution in [0.1, 0.15) is 30.5 Å². The summed E-state index contributed by atoms with van der Waals surface area (Å²) in [5.74, 6) is 0. The van der Waals surface area contributed by atoms with Gasteiger partial charge in [-0.05, 0) is 76.3 Å². The van der Waals surface area contributed by atoms with Crippen molar-refractivity contribution >= 4 is 49.8 Å². The third kappa shape index (κ3) is 3.23. The quantitative estimate of drug-likeness (QED) is 0.233. The van der Waals surface area contributed by atoms with Crippen LogP contribution >= 0.6 is 0 Å². The van der Waals surface area contributed by atoms with Crippen LogP contribution in [0, 0.1) is 6.92 Å². The first kappa shape index (κ1) is 23.1. The SMILES string of the molecule is Cc1ccc(N(c2ccc3c(c2)C(C)(C)c2ccccc2-3)c2cccc3c2oc2ccc4ccccc4c23)cc1. The molecule has 192 valence electrons. The molecule has 7 aromatic rings. The molecule has 0 radical (unpaired) electrons. The van der Waals surface area contributed by atoms with E-state index < -0.39 is 0 Å². The summed E-state index contributed by atoms with van der Waals surface area (Å²) in [7, 11) is 0. The van der Waals surface area contributed by atoms with Gasteiger partial charge in [0.15, 0.2) is 5.58 Å². The maximum atomic E-state index is 6.68. The number of fused-ring (bicyclic) bond motifs is 8. The van der Waals surface area contributed by atoms with Crippen LogP contribution in [-0.2, 0) is 5.41 Å². The summed E-state index contributed by atoms with van der Waals surface area (Å²) in [4.78, 5) is 2.35. The van der Waals surface area contributed by atoms with E-state index in [1.165, 1.54) is 44.0 Å². The second-order valence-electron chi connectivity index (χ2n) is 11.5. The molecule has 0 fully saturated rings. The molecule has 6 aromatic carbocycles. The topological polar surface area (TPSA) is 16.4 Å².